The normalized spacial score (nSPS) is 13.7. The summed E-state index contributed by atoms with van der Waals surface area (Å²) in [5.41, 5.74) is 8.43. The molecule has 3 aromatic heterocycles. The van der Waals surface area contributed by atoms with E-state index in [1.807, 2.05) is 0 Å². The van der Waals surface area contributed by atoms with E-state index in [0.717, 1.165) is 76.3 Å². The Bertz CT molecular complexity index is 1140. The smallest absolute Gasteiger partial charge is 0.163 e. The lowest BCUT2D eigenvalue weighted by Crippen LogP contribution is -1.89. The summed E-state index contributed by atoms with van der Waals surface area (Å²) >= 11 is 0. The van der Waals surface area contributed by atoms with Gasteiger partial charge in [-0.05, 0) is 68.1 Å². The van der Waals surface area contributed by atoms with Crippen LogP contribution in [-0.4, -0.2) is 27.0 Å². The standard InChI is InChI=1S/C21H20N4O/c1-26-21-19-8-6-17(24-19)11-15-4-2-13(22-15)10-14-3-5-16(23-14)12-18-7-9-20(21)25-18/h2,4,7,9-12,22,25H,3,5-6,8H2,1H3. The first kappa shape index (κ1) is 15.2. The van der Waals surface area contributed by atoms with Crippen molar-refractivity contribution in [3.05, 3.63) is 65.2 Å². The Morgan fingerprint density at radius 3 is 2.00 bits per heavy atom. The molecule has 0 atom stereocenters. The lowest BCUT2D eigenvalue weighted by atomic mass is 10.2. The van der Waals surface area contributed by atoms with Crippen molar-refractivity contribution in [2.45, 2.75) is 25.7 Å². The van der Waals surface area contributed by atoms with E-state index < -0.39 is 0 Å². The van der Waals surface area contributed by atoms with Crippen LogP contribution < -0.4 is 4.74 Å². The highest BCUT2D eigenvalue weighted by molar-refractivity contribution is 5.68. The minimum absolute atomic E-state index is 0.821. The first-order valence-electron chi connectivity index (χ1n) is 8.97. The molecule has 5 nitrogen and oxygen atoms in total. The molecule has 0 spiro atoms. The average Bonchev–Trinajstić information content (AvgIpc) is 3.39. The van der Waals surface area contributed by atoms with Gasteiger partial charge in [0.2, 0.25) is 0 Å². The van der Waals surface area contributed by atoms with Crippen LogP contribution in [0, 0.1) is 0 Å². The zero-order valence-corrected chi connectivity index (χ0v) is 14.7. The summed E-state index contributed by atoms with van der Waals surface area (Å²) in [6.45, 7) is 0. The number of nitrogens with zero attached hydrogens (tertiary/aromatic N) is 2. The Morgan fingerprint density at radius 2 is 1.31 bits per heavy atom. The van der Waals surface area contributed by atoms with Gasteiger partial charge in [-0.2, -0.15) is 0 Å². The van der Waals surface area contributed by atoms with Gasteiger partial charge >= 0.3 is 0 Å². The van der Waals surface area contributed by atoms with Crippen LogP contribution in [0.2, 0.25) is 0 Å². The van der Waals surface area contributed by atoms with E-state index in [0.29, 0.717) is 0 Å². The van der Waals surface area contributed by atoms with Crippen LogP contribution in [0.5, 0.6) is 5.75 Å². The topological polar surface area (TPSA) is 66.6 Å². The largest absolute Gasteiger partial charge is 0.493 e. The quantitative estimate of drug-likeness (QED) is 0.704. The maximum atomic E-state index is 5.68. The highest BCUT2D eigenvalue weighted by atomic mass is 16.5. The van der Waals surface area contributed by atoms with Crippen LogP contribution in [-0.2, 0) is 25.7 Å². The number of aryl methyl sites for hydroxylation is 4. The maximum absolute atomic E-state index is 5.68. The van der Waals surface area contributed by atoms with Crippen molar-refractivity contribution in [2.75, 3.05) is 7.11 Å². The third-order valence-corrected chi connectivity index (χ3v) is 4.94. The number of aromatic nitrogens is 4. The van der Waals surface area contributed by atoms with E-state index in [9.17, 15) is 0 Å². The Morgan fingerprint density at radius 1 is 0.731 bits per heavy atom. The van der Waals surface area contributed by atoms with E-state index in [2.05, 4.69) is 52.4 Å². The molecule has 5 heteroatoms. The number of rotatable bonds is 1. The van der Waals surface area contributed by atoms with Gasteiger partial charge in [0.1, 0.15) is 0 Å². The Balaban J connectivity index is 1.85. The fraction of sp³-hybridized carbons (Fsp3) is 0.238. The van der Waals surface area contributed by atoms with Gasteiger partial charge in [0, 0.05) is 33.6 Å². The maximum Gasteiger partial charge on any atom is 0.163 e. The summed E-state index contributed by atoms with van der Waals surface area (Å²) in [4.78, 5) is 16.5. The molecule has 5 rings (SSSR count). The third kappa shape index (κ3) is 2.75. The number of hydrogen-bond donors (Lipinski definition) is 2. The van der Waals surface area contributed by atoms with E-state index in [4.69, 9.17) is 14.7 Å². The van der Waals surface area contributed by atoms with Gasteiger partial charge in [0.05, 0.1) is 18.3 Å². The molecule has 0 aliphatic carbocycles. The van der Waals surface area contributed by atoms with Crippen molar-refractivity contribution < 1.29 is 4.74 Å². The summed E-state index contributed by atoms with van der Waals surface area (Å²) in [7, 11) is 1.71. The van der Waals surface area contributed by atoms with Gasteiger partial charge in [-0.3, -0.25) is 9.97 Å². The minimum atomic E-state index is 0.821. The van der Waals surface area contributed by atoms with Crippen LogP contribution in [0.25, 0.3) is 22.1 Å². The first-order valence-corrected chi connectivity index (χ1v) is 8.97. The van der Waals surface area contributed by atoms with Gasteiger partial charge in [0.25, 0.3) is 0 Å². The molecule has 0 saturated heterocycles. The summed E-state index contributed by atoms with van der Waals surface area (Å²) in [6.07, 6.45) is 3.74. The van der Waals surface area contributed by atoms with Crippen molar-refractivity contribution in [1.29, 1.82) is 0 Å². The zero-order chi connectivity index (χ0) is 17.5. The molecule has 3 aromatic rings. The summed E-state index contributed by atoms with van der Waals surface area (Å²) in [6, 6.07) is 14.7. The summed E-state index contributed by atoms with van der Waals surface area (Å²) in [5, 5.41) is 0. The van der Waals surface area contributed by atoms with E-state index in [-0.39, 0.29) is 0 Å². The Labute approximate surface area is 151 Å². The van der Waals surface area contributed by atoms with Gasteiger partial charge in [0.15, 0.2) is 5.75 Å². The second kappa shape index (κ2) is 6.02. The van der Waals surface area contributed by atoms with Crippen molar-refractivity contribution in [3.63, 3.8) is 0 Å². The second-order valence-electron chi connectivity index (χ2n) is 6.81. The Kier molecular flexibility index (Phi) is 3.52. The second-order valence-corrected chi connectivity index (χ2v) is 6.81. The van der Waals surface area contributed by atoms with Gasteiger partial charge < -0.3 is 14.7 Å². The molecule has 26 heavy (non-hydrogen) atoms. The fourth-order valence-electron chi connectivity index (χ4n) is 3.71. The van der Waals surface area contributed by atoms with Crippen LogP contribution in [0.15, 0.2) is 42.5 Å². The highest BCUT2D eigenvalue weighted by Crippen LogP contribution is 2.26. The van der Waals surface area contributed by atoms with Crippen LogP contribution >= 0.6 is 0 Å². The Hall–Kier alpha value is -3.08. The number of ether oxygens (including phenoxy) is 1. The number of aromatic amines is 2. The lowest BCUT2D eigenvalue weighted by Gasteiger charge is -2.00. The monoisotopic (exact) mass is 344 g/mol. The molecule has 5 heterocycles. The predicted octanol–water partition coefficient (Wildman–Crippen LogP) is 3.89. The zero-order valence-electron chi connectivity index (χ0n) is 14.7. The minimum Gasteiger partial charge on any atom is -0.493 e. The SMILES string of the molecule is COc1c2nc(cc3ccc(cc4nc(cc5ccc1[nH]5)CC4)[nH]3)CC2. The lowest BCUT2D eigenvalue weighted by molar-refractivity contribution is 0.413. The molecule has 8 bridgehead atoms. The number of hydrogen-bond acceptors (Lipinski definition) is 3. The fourth-order valence-corrected chi connectivity index (χ4v) is 3.71. The van der Waals surface area contributed by atoms with Crippen molar-refractivity contribution >= 4 is 22.1 Å². The highest BCUT2D eigenvalue weighted by Gasteiger charge is 2.13. The van der Waals surface area contributed by atoms with Crippen molar-refractivity contribution in [2.24, 2.45) is 0 Å². The van der Waals surface area contributed by atoms with Gasteiger partial charge in [-0.1, -0.05) is 0 Å². The average molecular weight is 344 g/mol. The molecule has 0 unspecified atom stereocenters. The summed E-state index contributed by atoms with van der Waals surface area (Å²) in [5.74, 6) is 0.821. The molecular formula is C21H20N4O. The number of fused-ring (bicyclic) bond motifs is 8. The number of H-pyrrole nitrogens is 2. The van der Waals surface area contributed by atoms with Crippen LogP contribution in [0.3, 0.4) is 0 Å². The summed E-state index contributed by atoms with van der Waals surface area (Å²) < 4.78 is 5.68. The first-order chi connectivity index (χ1) is 12.8. The molecule has 0 amide bonds. The molecule has 0 fully saturated rings. The van der Waals surface area contributed by atoms with E-state index >= 15 is 0 Å². The van der Waals surface area contributed by atoms with E-state index in [1.165, 1.54) is 0 Å². The molecule has 130 valence electrons. The van der Waals surface area contributed by atoms with Crippen molar-refractivity contribution in [1.82, 2.24) is 19.9 Å². The number of methoxy groups -OCH3 is 1. The molecule has 2 aliphatic heterocycles. The van der Waals surface area contributed by atoms with Crippen molar-refractivity contribution in [3.8, 4) is 5.75 Å². The van der Waals surface area contributed by atoms with Gasteiger partial charge in [-0.25, -0.2) is 0 Å². The molecule has 0 radical (unpaired) electrons. The molecular weight excluding hydrogens is 324 g/mol. The van der Waals surface area contributed by atoms with Crippen LogP contribution in [0.4, 0.5) is 0 Å². The molecule has 0 aromatic carbocycles. The molecule has 2 aliphatic rings. The molecule has 2 N–H and O–H groups in total. The molecule has 0 saturated carbocycles. The van der Waals surface area contributed by atoms with E-state index in [1.54, 1.807) is 7.11 Å². The third-order valence-electron chi connectivity index (χ3n) is 4.94. The predicted molar refractivity (Wildman–Crippen MR) is 102 cm³/mol. The van der Waals surface area contributed by atoms with Crippen LogP contribution in [0.1, 0.15) is 22.8 Å². The number of nitrogens with one attached hydrogen (secondary N) is 2. The van der Waals surface area contributed by atoms with Gasteiger partial charge in [-0.15, -0.1) is 0 Å².